The fraction of sp³-hybridized carbons (Fsp3) is 0.294. The summed E-state index contributed by atoms with van der Waals surface area (Å²) in [6, 6.07) is 11.7. The first-order valence-corrected chi connectivity index (χ1v) is 10.5. The molecule has 0 aliphatic rings. The van der Waals surface area contributed by atoms with Crippen molar-refractivity contribution in [3.63, 3.8) is 0 Å². The molecule has 22 heavy (non-hydrogen) atoms. The second-order valence-electron chi connectivity index (χ2n) is 6.28. The molecule has 1 nitrogen and oxygen atoms in total. The van der Waals surface area contributed by atoms with E-state index in [1.54, 1.807) is 36.4 Å². The Morgan fingerprint density at radius 3 is 2.00 bits per heavy atom. The van der Waals surface area contributed by atoms with E-state index < -0.39 is 19.8 Å². The molecule has 1 aromatic carbocycles. The van der Waals surface area contributed by atoms with Crippen molar-refractivity contribution in [2.24, 2.45) is 0 Å². The molecule has 0 bridgehead atoms. The van der Waals surface area contributed by atoms with Crippen LogP contribution >= 0.6 is 0 Å². The number of halogens is 3. The van der Waals surface area contributed by atoms with Crippen LogP contribution in [0.3, 0.4) is 0 Å². The van der Waals surface area contributed by atoms with Crippen LogP contribution in [0.5, 0.6) is 0 Å². The van der Waals surface area contributed by atoms with Crippen molar-refractivity contribution >= 4 is 24.6 Å². The molecule has 0 atom stereocenters. The molecule has 0 fully saturated rings. The zero-order chi connectivity index (χ0) is 16.5. The zero-order valence-corrected chi connectivity index (χ0v) is 14.1. The largest absolute Gasteiger partial charge is 0.466 e. The van der Waals surface area contributed by atoms with E-state index in [1.165, 1.54) is 13.0 Å². The van der Waals surface area contributed by atoms with E-state index in [-0.39, 0.29) is 11.3 Å². The number of furan rings is 1. The van der Waals surface area contributed by atoms with Crippen LogP contribution in [0.15, 0.2) is 46.9 Å². The van der Waals surface area contributed by atoms with Gasteiger partial charge < -0.3 is 4.42 Å². The number of alkyl halides is 3. The minimum Gasteiger partial charge on any atom is -0.466 e. The maximum Gasteiger partial charge on any atom is 0.420 e. The molecule has 0 saturated carbocycles. The van der Waals surface area contributed by atoms with Gasteiger partial charge in [-0.15, -0.1) is 0 Å². The molecule has 0 saturated heterocycles. The van der Waals surface area contributed by atoms with Crippen LogP contribution in [0.4, 0.5) is 13.2 Å². The fourth-order valence-electron chi connectivity index (χ4n) is 2.24. The van der Waals surface area contributed by atoms with Crippen molar-refractivity contribution in [1.29, 1.82) is 0 Å². The molecule has 0 amide bonds. The van der Waals surface area contributed by atoms with Gasteiger partial charge in [-0.25, -0.2) is 0 Å². The van der Waals surface area contributed by atoms with Crippen molar-refractivity contribution in [2.75, 3.05) is 0 Å². The minimum absolute atomic E-state index is 0.105. The van der Waals surface area contributed by atoms with E-state index in [9.17, 15) is 13.2 Å². The molecule has 0 spiro atoms. The lowest BCUT2D eigenvalue weighted by Gasteiger charge is -2.15. The van der Waals surface area contributed by atoms with Gasteiger partial charge in [-0.2, -0.15) is 13.2 Å². The molecular formula is C17H19F3OSi. The topological polar surface area (TPSA) is 13.1 Å². The van der Waals surface area contributed by atoms with Crippen molar-refractivity contribution in [1.82, 2.24) is 0 Å². The summed E-state index contributed by atoms with van der Waals surface area (Å²) in [4.78, 5) is 0. The van der Waals surface area contributed by atoms with Crippen LogP contribution in [0.25, 0.3) is 11.1 Å². The predicted octanol–water partition coefficient (Wildman–Crippen LogP) is 5.32. The maximum absolute atomic E-state index is 13.5. The van der Waals surface area contributed by atoms with Crippen molar-refractivity contribution in [3.05, 3.63) is 53.8 Å². The summed E-state index contributed by atoms with van der Waals surface area (Å²) >= 11 is 0. The van der Waals surface area contributed by atoms with Crippen LogP contribution in [0, 0.1) is 0 Å². The summed E-state index contributed by atoms with van der Waals surface area (Å²) in [7, 11) is -1.79. The van der Waals surface area contributed by atoms with E-state index in [1.807, 2.05) is 19.6 Å². The first-order chi connectivity index (χ1) is 10.1. The highest BCUT2D eigenvalue weighted by Gasteiger charge is 2.39. The number of allylic oxidation sites excluding steroid dienone is 2. The zero-order valence-electron chi connectivity index (χ0n) is 13.1. The standard InChI is InChI=1S/C17H19F3OSi/c1-12(13-8-6-5-7-9-13)16(17(18,19)20)14-10-11-15(21-14)22(2,3)4/h5-11H,1-4H3/b16-12+. The van der Waals surface area contributed by atoms with Gasteiger partial charge in [-0.1, -0.05) is 50.0 Å². The molecule has 2 aromatic rings. The summed E-state index contributed by atoms with van der Waals surface area (Å²) in [5.41, 5.74) is 0.00792. The van der Waals surface area contributed by atoms with Crippen LogP contribution in [-0.4, -0.2) is 14.3 Å². The monoisotopic (exact) mass is 324 g/mol. The van der Waals surface area contributed by atoms with Gasteiger partial charge in [-0.05, 0) is 30.2 Å². The molecule has 0 aliphatic heterocycles. The lowest BCUT2D eigenvalue weighted by atomic mass is 9.99. The van der Waals surface area contributed by atoms with Crippen molar-refractivity contribution in [3.8, 4) is 0 Å². The first kappa shape index (κ1) is 16.6. The summed E-state index contributed by atoms with van der Waals surface area (Å²) in [5, 5.41) is 0.671. The van der Waals surface area contributed by atoms with E-state index in [0.717, 1.165) is 0 Å². The van der Waals surface area contributed by atoms with Crippen molar-refractivity contribution < 1.29 is 17.6 Å². The Balaban J connectivity index is 2.60. The Hall–Kier alpha value is -1.75. The molecule has 118 valence electrons. The number of hydrogen-bond donors (Lipinski definition) is 0. The molecule has 0 unspecified atom stereocenters. The van der Waals surface area contributed by atoms with Gasteiger partial charge >= 0.3 is 6.18 Å². The third-order valence-electron chi connectivity index (χ3n) is 3.46. The SMILES string of the molecule is C/C(=C(/c1ccc([Si](C)(C)C)o1)C(F)(F)F)c1ccccc1. The number of benzene rings is 1. The quantitative estimate of drug-likeness (QED) is 0.697. The molecule has 1 heterocycles. The highest BCUT2D eigenvalue weighted by atomic mass is 28.3. The number of hydrogen-bond acceptors (Lipinski definition) is 1. The van der Waals surface area contributed by atoms with E-state index in [4.69, 9.17) is 4.42 Å². The lowest BCUT2D eigenvalue weighted by molar-refractivity contribution is -0.0696. The third-order valence-corrected chi connectivity index (χ3v) is 5.20. The summed E-state index contributed by atoms with van der Waals surface area (Å²) in [6.07, 6.45) is -4.46. The van der Waals surface area contributed by atoms with Gasteiger partial charge in [0.2, 0.25) is 0 Å². The second kappa shape index (κ2) is 5.80. The van der Waals surface area contributed by atoms with Crippen LogP contribution in [-0.2, 0) is 0 Å². The Morgan fingerprint density at radius 1 is 0.955 bits per heavy atom. The lowest BCUT2D eigenvalue weighted by Crippen LogP contribution is -2.36. The van der Waals surface area contributed by atoms with Crippen LogP contribution in [0.1, 0.15) is 18.2 Å². The van der Waals surface area contributed by atoms with Gasteiger partial charge in [-0.3, -0.25) is 0 Å². The minimum atomic E-state index is -4.46. The average Bonchev–Trinajstić information content (AvgIpc) is 2.87. The Labute approximate surface area is 129 Å². The normalized spacial score (nSPS) is 14.0. The highest BCUT2D eigenvalue weighted by molar-refractivity contribution is 6.87. The molecule has 1 aromatic heterocycles. The first-order valence-electron chi connectivity index (χ1n) is 7.05. The molecule has 0 radical (unpaired) electrons. The van der Waals surface area contributed by atoms with Gasteiger partial charge in [0.05, 0.1) is 5.38 Å². The summed E-state index contributed by atoms with van der Waals surface area (Å²) < 4.78 is 46.2. The smallest absolute Gasteiger partial charge is 0.420 e. The average molecular weight is 324 g/mol. The Morgan fingerprint density at radius 2 is 1.55 bits per heavy atom. The molecule has 0 aliphatic carbocycles. The van der Waals surface area contributed by atoms with Gasteiger partial charge in [0.25, 0.3) is 0 Å². The van der Waals surface area contributed by atoms with Crippen molar-refractivity contribution in [2.45, 2.75) is 32.7 Å². The second-order valence-corrected chi connectivity index (χ2v) is 11.3. The van der Waals surface area contributed by atoms with E-state index in [0.29, 0.717) is 10.9 Å². The number of rotatable bonds is 3. The summed E-state index contributed by atoms with van der Waals surface area (Å²) in [5.74, 6) is -0.105. The predicted molar refractivity (Wildman–Crippen MR) is 86.7 cm³/mol. The maximum atomic E-state index is 13.5. The van der Waals surface area contributed by atoms with E-state index >= 15 is 0 Å². The van der Waals surface area contributed by atoms with Gasteiger partial charge in [0.1, 0.15) is 19.4 Å². The van der Waals surface area contributed by atoms with Crippen LogP contribution in [0.2, 0.25) is 19.6 Å². The summed E-state index contributed by atoms with van der Waals surface area (Å²) in [6.45, 7) is 7.60. The Bertz CT molecular complexity index is 676. The molecule has 2 rings (SSSR count). The molecule has 5 heteroatoms. The van der Waals surface area contributed by atoms with Gasteiger partial charge in [0, 0.05) is 0 Å². The fourth-order valence-corrected chi connectivity index (χ4v) is 3.24. The van der Waals surface area contributed by atoms with Crippen LogP contribution < -0.4 is 5.38 Å². The Kier molecular flexibility index (Phi) is 4.38. The van der Waals surface area contributed by atoms with E-state index in [2.05, 4.69) is 0 Å². The molecule has 0 N–H and O–H groups in total. The van der Waals surface area contributed by atoms with Gasteiger partial charge in [0.15, 0.2) is 0 Å². The third kappa shape index (κ3) is 3.52. The molecular weight excluding hydrogens is 305 g/mol. The highest BCUT2D eigenvalue weighted by Crippen LogP contribution is 2.39.